The Morgan fingerprint density at radius 2 is 1.95 bits per heavy atom. The zero-order valence-electron chi connectivity index (χ0n) is 12.5. The molecule has 1 aromatic carbocycles. The summed E-state index contributed by atoms with van der Waals surface area (Å²) in [4.78, 5) is 12.1. The Balaban J connectivity index is 1.94. The Morgan fingerprint density at radius 3 is 2.68 bits per heavy atom. The highest BCUT2D eigenvalue weighted by Crippen LogP contribution is 2.55. The number of aromatic hydroxyl groups is 2. The van der Waals surface area contributed by atoms with Gasteiger partial charge in [0.25, 0.3) is 0 Å². The Labute approximate surface area is 129 Å². The van der Waals surface area contributed by atoms with Gasteiger partial charge in [-0.2, -0.15) is 0 Å². The van der Waals surface area contributed by atoms with Gasteiger partial charge in [-0.3, -0.25) is 9.36 Å². The summed E-state index contributed by atoms with van der Waals surface area (Å²) in [5.74, 6) is 0.125. The molecule has 2 N–H and O–H groups in total. The van der Waals surface area contributed by atoms with Gasteiger partial charge in [0, 0.05) is 23.5 Å². The van der Waals surface area contributed by atoms with E-state index in [4.69, 9.17) is 0 Å². The van der Waals surface area contributed by atoms with Gasteiger partial charge < -0.3 is 10.2 Å². The van der Waals surface area contributed by atoms with Crippen molar-refractivity contribution < 1.29 is 15.0 Å². The Bertz CT molecular complexity index is 775. The van der Waals surface area contributed by atoms with E-state index in [9.17, 15) is 15.0 Å². The molecule has 2 aromatic rings. The van der Waals surface area contributed by atoms with Crippen molar-refractivity contribution in [2.75, 3.05) is 0 Å². The molecule has 22 heavy (non-hydrogen) atoms. The molecule has 3 aliphatic carbocycles. The first-order valence-corrected chi connectivity index (χ1v) is 7.90. The molecule has 3 aliphatic rings. The van der Waals surface area contributed by atoms with Crippen molar-refractivity contribution in [1.82, 2.24) is 4.57 Å². The van der Waals surface area contributed by atoms with Gasteiger partial charge in [0.15, 0.2) is 0 Å². The maximum atomic E-state index is 12.1. The fraction of sp³-hybridized carbons (Fsp3) is 0.389. The number of carbonyl (C=O) groups is 1. The number of Topliss-reactive ketones (excluding diaryl/α,β-unsaturated/α-hetero) is 1. The highest BCUT2D eigenvalue weighted by molar-refractivity contribution is 5.91. The maximum absolute atomic E-state index is 12.1. The van der Waals surface area contributed by atoms with Gasteiger partial charge in [-0.1, -0.05) is 19.1 Å². The predicted molar refractivity (Wildman–Crippen MR) is 82.8 cm³/mol. The lowest BCUT2D eigenvalue weighted by Crippen LogP contribution is -2.28. The van der Waals surface area contributed by atoms with Crippen molar-refractivity contribution in [3.8, 4) is 17.4 Å². The summed E-state index contributed by atoms with van der Waals surface area (Å²) >= 11 is 0. The largest absolute Gasteiger partial charge is 0.494 e. The summed E-state index contributed by atoms with van der Waals surface area (Å²) in [5, 5.41) is 21.3. The van der Waals surface area contributed by atoms with Crippen molar-refractivity contribution >= 4 is 5.78 Å². The van der Waals surface area contributed by atoms with E-state index in [0.29, 0.717) is 12.0 Å². The third kappa shape index (κ3) is 1.67. The zero-order valence-corrected chi connectivity index (χ0v) is 12.5. The normalized spacial score (nSPS) is 22.9. The lowest BCUT2D eigenvalue weighted by Gasteiger charge is -2.34. The molecule has 0 saturated heterocycles. The number of nitrogens with zero attached hydrogens (tertiary/aromatic N) is 1. The van der Waals surface area contributed by atoms with Gasteiger partial charge in [0.05, 0.1) is 5.69 Å². The number of benzene rings is 1. The number of carbonyl (C=O) groups excluding carboxylic acids is 1. The molecule has 4 nitrogen and oxygen atoms in total. The molecule has 5 rings (SSSR count). The van der Waals surface area contributed by atoms with Gasteiger partial charge in [0.1, 0.15) is 5.78 Å². The van der Waals surface area contributed by atoms with Crippen LogP contribution in [0.1, 0.15) is 54.7 Å². The highest BCUT2D eigenvalue weighted by atomic mass is 16.3. The lowest BCUT2D eigenvalue weighted by atomic mass is 9.67. The van der Waals surface area contributed by atoms with Crippen LogP contribution in [0.25, 0.3) is 5.69 Å². The first kappa shape index (κ1) is 13.4. The average molecular weight is 297 g/mol. The molecule has 114 valence electrons. The van der Waals surface area contributed by atoms with E-state index >= 15 is 0 Å². The van der Waals surface area contributed by atoms with E-state index in [1.165, 1.54) is 4.57 Å². The van der Waals surface area contributed by atoms with Crippen molar-refractivity contribution in [1.29, 1.82) is 0 Å². The molecule has 1 saturated carbocycles. The number of hydrogen-bond donors (Lipinski definition) is 2. The van der Waals surface area contributed by atoms with Crippen molar-refractivity contribution in [3.05, 3.63) is 41.0 Å². The fourth-order valence-corrected chi connectivity index (χ4v) is 4.06. The molecule has 1 aromatic heterocycles. The molecule has 0 spiro atoms. The molecule has 4 heteroatoms. The van der Waals surface area contributed by atoms with Gasteiger partial charge in [0.2, 0.25) is 11.8 Å². The summed E-state index contributed by atoms with van der Waals surface area (Å²) in [6, 6.07) is 7.78. The lowest BCUT2D eigenvalue weighted by molar-refractivity contribution is -0.123. The quantitative estimate of drug-likeness (QED) is 0.893. The number of rotatable bonds is 2. The summed E-state index contributed by atoms with van der Waals surface area (Å²) in [6.45, 7) is 2.07. The Hall–Kier alpha value is -2.23. The molecule has 2 bridgehead atoms. The van der Waals surface area contributed by atoms with Crippen LogP contribution in [0.15, 0.2) is 24.3 Å². The SMILES string of the molecule is CCc1cccc(-n2c(O)c3c(c2O)[C@@H]2CC[C@H]3CC2=O)c1. The summed E-state index contributed by atoms with van der Waals surface area (Å²) in [7, 11) is 0. The van der Waals surface area contributed by atoms with Crippen molar-refractivity contribution in [3.63, 3.8) is 0 Å². The molecule has 2 atom stereocenters. The minimum atomic E-state index is -0.249. The van der Waals surface area contributed by atoms with E-state index < -0.39 is 0 Å². The molecular formula is C18H19NO3. The van der Waals surface area contributed by atoms with Crippen molar-refractivity contribution in [2.24, 2.45) is 0 Å². The topological polar surface area (TPSA) is 62.5 Å². The van der Waals surface area contributed by atoms with Crippen LogP contribution in [-0.2, 0) is 11.2 Å². The standard InChI is InChI=1S/C18H19NO3/c1-2-10-4-3-5-12(8-10)19-17(21)15-11-6-7-13(14(20)9-11)16(15)18(19)22/h3-5,8,11,13,21-22H,2,6-7,9H2,1H3/t11-,13+/m0/s1. The van der Waals surface area contributed by atoms with Crippen LogP contribution in [0.2, 0.25) is 0 Å². The van der Waals surface area contributed by atoms with Gasteiger partial charge >= 0.3 is 0 Å². The van der Waals surface area contributed by atoms with Crippen LogP contribution < -0.4 is 0 Å². The van der Waals surface area contributed by atoms with Crippen LogP contribution in [0.3, 0.4) is 0 Å². The summed E-state index contributed by atoms with van der Waals surface area (Å²) < 4.78 is 1.49. The molecule has 0 unspecified atom stereocenters. The fourth-order valence-electron chi connectivity index (χ4n) is 4.06. The zero-order chi connectivity index (χ0) is 15.4. The van der Waals surface area contributed by atoms with E-state index in [1.54, 1.807) is 0 Å². The molecule has 0 amide bonds. The van der Waals surface area contributed by atoms with Crippen LogP contribution in [-0.4, -0.2) is 20.6 Å². The highest BCUT2D eigenvalue weighted by Gasteiger charge is 2.45. The van der Waals surface area contributed by atoms with Crippen LogP contribution >= 0.6 is 0 Å². The second kappa shape index (κ2) is 4.63. The first-order chi connectivity index (χ1) is 10.6. The van der Waals surface area contributed by atoms with E-state index in [0.717, 1.165) is 36.1 Å². The number of fused-ring (bicyclic) bond motifs is 2. The molecule has 1 heterocycles. The summed E-state index contributed by atoms with van der Waals surface area (Å²) in [5.41, 5.74) is 3.33. The number of aromatic nitrogens is 1. The first-order valence-electron chi connectivity index (χ1n) is 7.90. The maximum Gasteiger partial charge on any atom is 0.202 e. The smallest absolute Gasteiger partial charge is 0.202 e. The second-order valence-electron chi connectivity index (χ2n) is 6.33. The van der Waals surface area contributed by atoms with Crippen LogP contribution in [0.4, 0.5) is 0 Å². The van der Waals surface area contributed by atoms with Crippen LogP contribution in [0, 0.1) is 0 Å². The summed E-state index contributed by atoms with van der Waals surface area (Å²) in [6.07, 6.45) is 3.07. The predicted octanol–water partition coefficient (Wildman–Crippen LogP) is 3.38. The number of hydrogen-bond acceptors (Lipinski definition) is 3. The van der Waals surface area contributed by atoms with Gasteiger partial charge in [-0.05, 0) is 42.9 Å². The number of ketones is 1. The third-order valence-electron chi connectivity index (χ3n) is 5.17. The second-order valence-corrected chi connectivity index (χ2v) is 6.33. The average Bonchev–Trinajstić information content (AvgIpc) is 2.81. The minimum Gasteiger partial charge on any atom is -0.494 e. The molecule has 1 fully saturated rings. The van der Waals surface area contributed by atoms with Crippen LogP contribution in [0.5, 0.6) is 11.8 Å². The molecule has 0 aliphatic heterocycles. The Morgan fingerprint density at radius 1 is 1.18 bits per heavy atom. The van der Waals surface area contributed by atoms with Gasteiger partial charge in [-0.25, -0.2) is 0 Å². The molecular weight excluding hydrogens is 278 g/mol. The van der Waals surface area contributed by atoms with Crippen molar-refractivity contribution in [2.45, 2.75) is 44.4 Å². The Kier molecular flexibility index (Phi) is 2.83. The molecule has 0 radical (unpaired) electrons. The third-order valence-corrected chi connectivity index (χ3v) is 5.17. The van der Waals surface area contributed by atoms with E-state index in [2.05, 4.69) is 6.92 Å². The number of aryl methyl sites for hydroxylation is 1. The van der Waals surface area contributed by atoms with Gasteiger partial charge in [-0.15, -0.1) is 0 Å². The van der Waals surface area contributed by atoms with E-state index in [1.807, 2.05) is 24.3 Å². The minimum absolute atomic E-state index is 0.0310. The van der Waals surface area contributed by atoms with E-state index in [-0.39, 0.29) is 29.4 Å². The monoisotopic (exact) mass is 297 g/mol.